The van der Waals surface area contributed by atoms with Crippen molar-refractivity contribution in [2.24, 2.45) is 5.41 Å². The lowest BCUT2D eigenvalue weighted by Crippen LogP contribution is -2.56. The fourth-order valence-corrected chi connectivity index (χ4v) is 7.28. The molecule has 3 saturated heterocycles. The van der Waals surface area contributed by atoms with Crippen LogP contribution in [-0.4, -0.2) is 41.9 Å². The third-order valence-electron chi connectivity index (χ3n) is 7.65. The predicted molar refractivity (Wildman–Crippen MR) is 120 cm³/mol. The topological polar surface area (TPSA) is 32.3 Å². The van der Waals surface area contributed by atoms with Crippen molar-refractivity contribution in [2.75, 3.05) is 31.1 Å². The Hall–Kier alpha value is -1.85. The van der Waals surface area contributed by atoms with Gasteiger partial charge in [-0.1, -0.05) is 42.5 Å². The maximum Gasteiger partial charge on any atom is 0.227 e. The molecular weight excluding hydrogens is 395 g/mol. The van der Waals surface area contributed by atoms with Crippen molar-refractivity contribution in [3.63, 3.8) is 0 Å². The van der Waals surface area contributed by atoms with E-state index in [1.807, 2.05) is 12.1 Å². The number of thioether (sulfide) groups is 1. The number of nitrogens with one attached hydrogen (secondary N) is 1. The highest BCUT2D eigenvalue weighted by Gasteiger charge is 2.54. The summed E-state index contributed by atoms with van der Waals surface area (Å²) in [6, 6.07) is 17.7. The molecule has 3 heterocycles. The standard InChI is InChI=1S/C25H29FN2OS/c26-21-9-7-19(8-10-21)22-17-27-23(29)24(22)12-14-28(15-13-24)25(11-4-16-30-18-25)20-5-2-1-3-6-20/h1-3,5-10,22H,4,11-18H2,(H,27,29). The summed E-state index contributed by atoms with van der Waals surface area (Å²) >= 11 is 2.06. The lowest BCUT2D eigenvalue weighted by atomic mass is 9.67. The quantitative estimate of drug-likeness (QED) is 0.785. The van der Waals surface area contributed by atoms with Crippen LogP contribution in [0.25, 0.3) is 0 Å². The molecule has 2 unspecified atom stereocenters. The molecule has 3 aliphatic rings. The van der Waals surface area contributed by atoms with Gasteiger partial charge in [-0.05, 0) is 54.7 Å². The normalized spacial score (nSPS) is 29.1. The summed E-state index contributed by atoms with van der Waals surface area (Å²) in [5.41, 5.74) is 2.20. The van der Waals surface area contributed by atoms with Gasteiger partial charge in [0.05, 0.1) is 11.0 Å². The third-order valence-corrected chi connectivity index (χ3v) is 8.91. The lowest BCUT2D eigenvalue weighted by molar-refractivity contribution is -0.131. The minimum Gasteiger partial charge on any atom is -0.355 e. The smallest absolute Gasteiger partial charge is 0.227 e. The summed E-state index contributed by atoms with van der Waals surface area (Å²) in [4.78, 5) is 15.7. The summed E-state index contributed by atoms with van der Waals surface area (Å²) < 4.78 is 13.5. The van der Waals surface area contributed by atoms with Crippen molar-refractivity contribution in [3.05, 3.63) is 71.5 Å². The van der Waals surface area contributed by atoms with Crippen LogP contribution in [0.15, 0.2) is 54.6 Å². The molecule has 30 heavy (non-hydrogen) atoms. The van der Waals surface area contributed by atoms with Gasteiger partial charge in [0.15, 0.2) is 0 Å². The Bertz CT molecular complexity index is 887. The molecule has 2 aromatic carbocycles. The van der Waals surface area contributed by atoms with Gasteiger partial charge in [0.25, 0.3) is 0 Å². The van der Waals surface area contributed by atoms with E-state index < -0.39 is 0 Å². The number of nitrogens with zero attached hydrogens (tertiary/aromatic N) is 1. The molecule has 0 aromatic heterocycles. The molecule has 3 aliphatic heterocycles. The van der Waals surface area contributed by atoms with Crippen LogP contribution in [0.1, 0.15) is 42.7 Å². The fraction of sp³-hybridized carbons (Fsp3) is 0.480. The molecule has 2 aromatic rings. The highest BCUT2D eigenvalue weighted by molar-refractivity contribution is 7.99. The van der Waals surface area contributed by atoms with E-state index in [4.69, 9.17) is 0 Å². The Morgan fingerprint density at radius 3 is 2.40 bits per heavy atom. The highest BCUT2D eigenvalue weighted by Crippen LogP contribution is 2.51. The molecule has 1 amide bonds. The second-order valence-corrected chi connectivity index (χ2v) is 10.1. The van der Waals surface area contributed by atoms with Gasteiger partial charge in [-0.2, -0.15) is 11.8 Å². The van der Waals surface area contributed by atoms with Crippen LogP contribution in [0.3, 0.4) is 0 Å². The Morgan fingerprint density at radius 2 is 1.73 bits per heavy atom. The number of benzene rings is 2. The maximum absolute atomic E-state index is 13.5. The molecule has 1 N–H and O–H groups in total. The van der Waals surface area contributed by atoms with Gasteiger partial charge in [-0.3, -0.25) is 9.69 Å². The maximum atomic E-state index is 13.5. The number of piperidine rings is 1. The summed E-state index contributed by atoms with van der Waals surface area (Å²) in [6.07, 6.45) is 4.14. The van der Waals surface area contributed by atoms with Crippen LogP contribution < -0.4 is 5.32 Å². The van der Waals surface area contributed by atoms with Gasteiger partial charge in [-0.25, -0.2) is 4.39 Å². The van der Waals surface area contributed by atoms with Gasteiger partial charge in [0, 0.05) is 31.3 Å². The molecule has 1 spiro atoms. The molecule has 0 bridgehead atoms. The molecule has 5 heteroatoms. The van der Waals surface area contributed by atoms with Crippen molar-refractivity contribution in [1.29, 1.82) is 0 Å². The van der Waals surface area contributed by atoms with E-state index in [2.05, 4.69) is 52.3 Å². The second kappa shape index (κ2) is 8.01. The van der Waals surface area contributed by atoms with E-state index in [0.29, 0.717) is 6.54 Å². The van der Waals surface area contributed by atoms with E-state index in [9.17, 15) is 9.18 Å². The zero-order chi connectivity index (χ0) is 20.6. The van der Waals surface area contributed by atoms with Crippen LogP contribution in [0.4, 0.5) is 4.39 Å². The van der Waals surface area contributed by atoms with Crippen molar-refractivity contribution in [3.8, 4) is 0 Å². The number of rotatable bonds is 3. The Morgan fingerprint density at radius 1 is 1.00 bits per heavy atom. The van der Waals surface area contributed by atoms with Crippen molar-refractivity contribution < 1.29 is 9.18 Å². The van der Waals surface area contributed by atoms with Gasteiger partial charge in [-0.15, -0.1) is 0 Å². The summed E-state index contributed by atoms with van der Waals surface area (Å²) in [6.45, 7) is 2.52. The zero-order valence-electron chi connectivity index (χ0n) is 17.3. The first-order valence-corrected chi connectivity index (χ1v) is 12.2. The number of carbonyl (C=O) groups is 1. The summed E-state index contributed by atoms with van der Waals surface area (Å²) in [5.74, 6) is 2.45. The number of halogens is 1. The number of amides is 1. The molecule has 5 rings (SSSR count). The minimum absolute atomic E-state index is 0.0756. The molecule has 0 aliphatic carbocycles. The average Bonchev–Trinajstić information content (AvgIpc) is 3.11. The second-order valence-electron chi connectivity index (χ2n) is 9.01. The number of carbonyl (C=O) groups excluding carboxylic acids is 1. The fourth-order valence-electron chi connectivity index (χ4n) is 5.95. The largest absolute Gasteiger partial charge is 0.355 e. The van der Waals surface area contributed by atoms with E-state index in [1.165, 1.54) is 36.3 Å². The third kappa shape index (κ3) is 3.27. The van der Waals surface area contributed by atoms with Gasteiger partial charge < -0.3 is 5.32 Å². The number of likely N-dealkylation sites (tertiary alicyclic amines) is 1. The van der Waals surface area contributed by atoms with Crippen molar-refractivity contribution in [2.45, 2.75) is 37.1 Å². The zero-order valence-corrected chi connectivity index (χ0v) is 18.1. The summed E-state index contributed by atoms with van der Waals surface area (Å²) in [7, 11) is 0. The molecule has 3 fully saturated rings. The molecule has 0 saturated carbocycles. The first-order chi connectivity index (χ1) is 14.6. The minimum atomic E-state index is -0.367. The van der Waals surface area contributed by atoms with E-state index in [0.717, 1.165) is 37.2 Å². The lowest BCUT2D eigenvalue weighted by Gasteiger charge is -2.51. The van der Waals surface area contributed by atoms with E-state index in [1.54, 1.807) is 0 Å². The SMILES string of the molecule is O=C1NCC(c2ccc(F)cc2)C12CCN(C1(c3ccccc3)CCCSC1)CC2. The first kappa shape index (κ1) is 20.1. The predicted octanol–water partition coefficient (Wildman–Crippen LogP) is 4.54. The first-order valence-electron chi connectivity index (χ1n) is 11.1. The van der Waals surface area contributed by atoms with Crippen LogP contribution in [0.2, 0.25) is 0 Å². The van der Waals surface area contributed by atoms with Crippen molar-refractivity contribution in [1.82, 2.24) is 10.2 Å². The number of hydrogen-bond donors (Lipinski definition) is 1. The number of hydrogen-bond acceptors (Lipinski definition) is 3. The van der Waals surface area contributed by atoms with Crippen LogP contribution in [0, 0.1) is 11.2 Å². The molecule has 0 radical (unpaired) electrons. The van der Waals surface area contributed by atoms with Crippen molar-refractivity contribution >= 4 is 17.7 Å². The highest BCUT2D eigenvalue weighted by atomic mass is 32.2. The van der Waals surface area contributed by atoms with Gasteiger partial charge in [0.2, 0.25) is 5.91 Å². The molecule has 3 nitrogen and oxygen atoms in total. The average molecular weight is 425 g/mol. The van der Waals surface area contributed by atoms with Crippen LogP contribution in [-0.2, 0) is 10.3 Å². The Balaban J connectivity index is 1.41. The monoisotopic (exact) mass is 424 g/mol. The summed E-state index contributed by atoms with van der Waals surface area (Å²) in [5, 5.41) is 3.12. The van der Waals surface area contributed by atoms with Gasteiger partial charge in [0.1, 0.15) is 5.82 Å². The Labute approximate surface area is 182 Å². The molecule has 2 atom stereocenters. The van der Waals surface area contributed by atoms with Gasteiger partial charge >= 0.3 is 0 Å². The van der Waals surface area contributed by atoms with E-state index in [-0.39, 0.29) is 28.6 Å². The molecule has 158 valence electrons. The van der Waals surface area contributed by atoms with Crippen LogP contribution in [0.5, 0.6) is 0 Å². The van der Waals surface area contributed by atoms with E-state index >= 15 is 0 Å². The van der Waals surface area contributed by atoms with Crippen LogP contribution >= 0.6 is 11.8 Å². The molecular formula is C25H29FN2OS. The Kier molecular flexibility index (Phi) is 5.36.